The zero-order valence-corrected chi connectivity index (χ0v) is 12.5. The summed E-state index contributed by atoms with van der Waals surface area (Å²) in [5, 5.41) is 0. The molecule has 20 heavy (non-hydrogen) atoms. The fourth-order valence-electron chi connectivity index (χ4n) is 1.70. The smallest absolute Gasteiger partial charge is 0.300 e. The van der Waals surface area contributed by atoms with Crippen molar-refractivity contribution in [1.82, 2.24) is 15.0 Å². The number of hydrazine groups is 1. The van der Waals surface area contributed by atoms with E-state index in [-0.39, 0.29) is 17.9 Å². The molecule has 2 aromatic heterocycles. The predicted molar refractivity (Wildman–Crippen MR) is 75.1 cm³/mol. The van der Waals surface area contributed by atoms with Gasteiger partial charge < -0.3 is 4.42 Å². The van der Waals surface area contributed by atoms with Gasteiger partial charge in [-0.15, -0.1) is 0 Å². The van der Waals surface area contributed by atoms with E-state index in [0.717, 1.165) is 0 Å². The number of hydrogen-bond acceptors (Lipinski definition) is 5. The monoisotopic (exact) mass is 340 g/mol. The topological polar surface area (TPSA) is 103 Å². The van der Waals surface area contributed by atoms with Gasteiger partial charge in [0, 0.05) is 5.56 Å². The van der Waals surface area contributed by atoms with Crippen LogP contribution in [0.5, 0.6) is 0 Å². The van der Waals surface area contributed by atoms with Crippen LogP contribution < -0.4 is 16.8 Å². The van der Waals surface area contributed by atoms with Crippen molar-refractivity contribution >= 4 is 21.8 Å². The molecule has 2 rings (SSSR count). The van der Waals surface area contributed by atoms with Crippen LogP contribution in [0.3, 0.4) is 0 Å². The minimum atomic E-state index is -0.519. The number of carbonyl (C=O) groups is 1. The van der Waals surface area contributed by atoms with Crippen molar-refractivity contribution in [3.8, 4) is 0 Å². The lowest BCUT2D eigenvalue weighted by atomic mass is 10.2. The molecule has 0 saturated heterocycles. The van der Waals surface area contributed by atoms with Gasteiger partial charge in [0.05, 0.1) is 18.6 Å². The maximum Gasteiger partial charge on any atom is 0.300 e. The van der Waals surface area contributed by atoms with Gasteiger partial charge in [-0.05, 0) is 35.8 Å². The van der Waals surface area contributed by atoms with Crippen molar-refractivity contribution in [2.24, 2.45) is 5.84 Å². The van der Waals surface area contributed by atoms with E-state index < -0.39 is 5.91 Å². The average Bonchev–Trinajstić information content (AvgIpc) is 2.80. The highest BCUT2D eigenvalue weighted by atomic mass is 79.9. The fourth-order valence-corrected chi connectivity index (χ4v) is 2.03. The molecule has 0 atom stereocenters. The van der Waals surface area contributed by atoms with Crippen LogP contribution in [0.2, 0.25) is 0 Å². The third kappa shape index (κ3) is 2.66. The Morgan fingerprint density at radius 3 is 2.90 bits per heavy atom. The van der Waals surface area contributed by atoms with Gasteiger partial charge in [-0.3, -0.25) is 19.6 Å². The summed E-state index contributed by atoms with van der Waals surface area (Å²) < 4.78 is 7.14. The SMILES string of the molecule is Cc1ncn(Cc2cc(C(=O)NN)oc2C)c(=O)c1Br. The van der Waals surface area contributed by atoms with Gasteiger partial charge in [0.25, 0.3) is 5.56 Å². The van der Waals surface area contributed by atoms with E-state index in [1.54, 1.807) is 19.9 Å². The normalized spacial score (nSPS) is 10.6. The van der Waals surface area contributed by atoms with Crippen LogP contribution in [-0.2, 0) is 6.54 Å². The van der Waals surface area contributed by atoms with Crippen molar-refractivity contribution in [3.05, 3.63) is 50.0 Å². The number of aryl methyl sites for hydroxylation is 2. The second kappa shape index (κ2) is 5.59. The molecular weight excluding hydrogens is 328 g/mol. The highest BCUT2D eigenvalue weighted by molar-refractivity contribution is 9.10. The number of rotatable bonds is 3. The largest absolute Gasteiger partial charge is 0.456 e. The Balaban J connectivity index is 2.36. The lowest BCUT2D eigenvalue weighted by molar-refractivity contribution is 0.0924. The zero-order chi connectivity index (χ0) is 14.9. The van der Waals surface area contributed by atoms with Gasteiger partial charge >= 0.3 is 5.91 Å². The molecule has 0 radical (unpaired) electrons. The average molecular weight is 341 g/mol. The van der Waals surface area contributed by atoms with Crippen LogP contribution in [0.15, 0.2) is 26.1 Å². The summed E-state index contributed by atoms with van der Waals surface area (Å²) in [5.41, 5.74) is 3.14. The van der Waals surface area contributed by atoms with Gasteiger partial charge in [0.15, 0.2) is 5.76 Å². The van der Waals surface area contributed by atoms with Crippen molar-refractivity contribution in [3.63, 3.8) is 0 Å². The van der Waals surface area contributed by atoms with Gasteiger partial charge in [-0.2, -0.15) is 0 Å². The second-order valence-corrected chi connectivity index (χ2v) is 5.04. The lowest BCUT2D eigenvalue weighted by Gasteiger charge is -2.05. The number of nitrogens with two attached hydrogens (primary N) is 1. The third-order valence-electron chi connectivity index (χ3n) is 2.87. The first-order valence-corrected chi connectivity index (χ1v) is 6.55. The van der Waals surface area contributed by atoms with Gasteiger partial charge in [-0.25, -0.2) is 10.8 Å². The number of nitrogens with one attached hydrogen (secondary N) is 1. The van der Waals surface area contributed by atoms with Crippen LogP contribution in [-0.4, -0.2) is 15.5 Å². The van der Waals surface area contributed by atoms with Crippen molar-refractivity contribution < 1.29 is 9.21 Å². The minimum Gasteiger partial charge on any atom is -0.456 e. The third-order valence-corrected chi connectivity index (χ3v) is 3.79. The molecule has 0 aliphatic heterocycles. The molecule has 2 heterocycles. The van der Waals surface area contributed by atoms with E-state index in [4.69, 9.17) is 10.3 Å². The quantitative estimate of drug-likeness (QED) is 0.490. The van der Waals surface area contributed by atoms with Crippen molar-refractivity contribution in [1.29, 1.82) is 0 Å². The highest BCUT2D eigenvalue weighted by Crippen LogP contribution is 2.16. The Kier molecular flexibility index (Phi) is 4.05. The molecule has 106 valence electrons. The van der Waals surface area contributed by atoms with Crippen LogP contribution in [0, 0.1) is 13.8 Å². The van der Waals surface area contributed by atoms with E-state index in [1.807, 2.05) is 5.43 Å². The number of hydrogen-bond donors (Lipinski definition) is 2. The Bertz CT molecular complexity index is 720. The Hall–Kier alpha value is -1.93. The number of carbonyl (C=O) groups excluding carboxylic acids is 1. The zero-order valence-electron chi connectivity index (χ0n) is 10.9. The summed E-state index contributed by atoms with van der Waals surface area (Å²) >= 11 is 3.20. The molecule has 8 heteroatoms. The van der Waals surface area contributed by atoms with Crippen LogP contribution >= 0.6 is 15.9 Å². The van der Waals surface area contributed by atoms with Crippen LogP contribution in [0.25, 0.3) is 0 Å². The van der Waals surface area contributed by atoms with E-state index in [2.05, 4.69) is 20.9 Å². The number of nitrogens with zero attached hydrogens (tertiary/aromatic N) is 2. The fraction of sp³-hybridized carbons (Fsp3) is 0.250. The van der Waals surface area contributed by atoms with E-state index in [0.29, 0.717) is 21.5 Å². The summed E-state index contributed by atoms with van der Waals surface area (Å²) in [6.07, 6.45) is 1.46. The molecule has 2 aromatic rings. The molecule has 0 aromatic carbocycles. The molecule has 0 bridgehead atoms. The van der Waals surface area contributed by atoms with Gasteiger partial charge in [-0.1, -0.05) is 0 Å². The number of aromatic nitrogens is 2. The maximum absolute atomic E-state index is 12.0. The summed E-state index contributed by atoms with van der Waals surface area (Å²) in [5.74, 6) is 5.18. The number of amides is 1. The Morgan fingerprint density at radius 1 is 1.55 bits per heavy atom. The maximum atomic E-state index is 12.0. The lowest BCUT2D eigenvalue weighted by Crippen LogP contribution is -2.29. The van der Waals surface area contributed by atoms with Crippen molar-refractivity contribution in [2.45, 2.75) is 20.4 Å². The number of furan rings is 1. The molecule has 0 aliphatic rings. The van der Waals surface area contributed by atoms with Crippen LogP contribution in [0.1, 0.15) is 27.6 Å². The number of halogens is 1. The first kappa shape index (κ1) is 14.5. The molecule has 0 aliphatic carbocycles. The molecule has 7 nitrogen and oxygen atoms in total. The molecule has 3 N–H and O–H groups in total. The molecular formula is C12H13BrN4O3. The van der Waals surface area contributed by atoms with Crippen LogP contribution in [0.4, 0.5) is 0 Å². The van der Waals surface area contributed by atoms with Gasteiger partial charge in [0.2, 0.25) is 0 Å². The molecule has 0 saturated carbocycles. The summed E-state index contributed by atoms with van der Waals surface area (Å²) in [6.45, 7) is 3.71. The first-order valence-electron chi connectivity index (χ1n) is 5.75. The predicted octanol–water partition coefficient (Wildman–Crippen LogP) is 0.867. The van der Waals surface area contributed by atoms with E-state index >= 15 is 0 Å². The standard InChI is InChI=1S/C12H13BrN4O3/c1-6-10(13)12(19)17(5-15-6)4-8-3-9(11(18)16-14)20-7(8)2/h3,5H,4,14H2,1-2H3,(H,16,18). The van der Waals surface area contributed by atoms with Crippen molar-refractivity contribution in [2.75, 3.05) is 0 Å². The summed E-state index contributed by atoms with van der Waals surface area (Å²) in [4.78, 5) is 27.5. The highest BCUT2D eigenvalue weighted by Gasteiger charge is 2.15. The number of nitrogen functional groups attached to an aromatic ring is 1. The second-order valence-electron chi connectivity index (χ2n) is 4.24. The van der Waals surface area contributed by atoms with E-state index in [1.165, 1.54) is 10.9 Å². The first-order chi connectivity index (χ1) is 9.43. The molecule has 0 spiro atoms. The summed E-state index contributed by atoms with van der Waals surface area (Å²) in [6, 6.07) is 1.55. The Morgan fingerprint density at radius 2 is 2.25 bits per heavy atom. The summed E-state index contributed by atoms with van der Waals surface area (Å²) in [7, 11) is 0. The molecule has 1 amide bonds. The minimum absolute atomic E-state index is 0.104. The molecule has 0 fully saturated rings. The Labute approximate surface area is 122 Å². The molecule has 0 unspecified atom stereocenters. The van der Waals surface area contributed by atoms with Gasteiger partial charge in [0.1, 0.15) is 10.2 Å². The van der Waals surface area contributed by atoms with E-state index in [9.17, 15) is 9.59 Å².